The van der Waals surface area contributed by atoms with E-state index in [0.717, 1.165) is 19.3 Å². The zero-order valence-electron chi connectivity index (χ0n) is 11.7. The van der Waals surface area contributed by atoms with E-state index in [0.29, 0.717) is 24.6 Å². The van der Waals surface area contributed by atoms with Crippen LogP contribution in [0.5, 0.6) is 11.5 Å². The zero-order chi connectivity index (χ0) is 14.5. The van der Waals surface area contributed by atoms with E-state index in [2.05, 4.69) is 10.6 Å². The van der Waals surface area contributed by atoms with Crippen molar-refractivity contribution in [3.63, 3.8) is 0 Å². The Labute approximate surface area is 119 Å². The number of aromatic hydroxyl groups is 2. The van der Waals surface area contributed by atoms with Crippen molar-refractivity contribution in [3.05, 3.63) is 23.8 Å². The molecule has 1 aliphatic carbocycles. The Morgan fingerprint density at radius 3 is 2.85 bits per heavy atom. The highest BCUT2D eigenvalue weighted by Gasteiger charge is 2.22. The summed E-state index contributed by atoms with van der Waals surface area (Å²) in [6.45, 7) is 2.60. The predicted octanol–water partition coefficient (Wildman–Crippen LogP) is 1.81. The maximum absolute atomic E-state index is 11.5. The Balaban J connectivity index is 1.70. The van der Waals surface area contributed by atoms with Gasteiger partial charge in [-0.25, -0.2) is 0 Å². The van der Waals surface area contributed by atoms with Gasteiger partial charge < -0.3 is 20.8 Å². The van der Waals surface area contributed by atoms with Gasteiger partial charge >= 0.3 is 0 Å². The lowest BCUT2D eigenvalue weighted by Crippen LogP contribution is -2.27. The van der Waals surface area contributed by atoms with Crippen molar-refractivity contribution in [2.75, 3.05) is 6.54 Å². The summed E-state index contributed by atoms with van der Waals surface area (Å²) in [5.74, 6) is 0.409. The second kappa shape index (κ2) is 6.61. The molecular weight excluding hydrogens is 256 g/mol. The van der Waals surface area contributed by atoms with Crippen LogP contribution in [0.15, 0.2) is 18.2 Å². The normalized spacial score (nSPS) is 15.8. The van der Waals surface area contributed by atoms with Gasteiger partial charge in [-0.3, -0.25) is 4.79 Å². The van der Waals surface area contributed by atoms with Crippen LogP contribution >= 0.6 is 0 Å². The van der Waals surface area contributed by atoms with Crippen molar-refractivity contribution >= 4 is 5.91 Å². The molecular formula is C15H22N2O3. The average Bonchev–Trinajstić information content (AvgIpc) is 3.21. The van der Waals surface area contributed by atoms with Gasteiger partial charge in [-0.15, -0.1) is 0 Å². The second-order valence-electron chi connectivity index (χ2n) is 5.36. The smallest absolute Gasteiger partial charge is 0.220 e. The van der Waals surface area contributed by atoms with Crippen LogP contribution in [0, 0.1) is 0 Å². The third-order valence-electron chi connectivity index (χ3n) is 3.45. The van der Waals surface area contributed by atoms with E-state index >= 15 is 0 Å². The minimum Gasteiger partial charge on any atom is -0.508 e. The van der Waals surface area contributed by atoms with E-state index in [4.69, 9.17) is 0 Å². The molecule has 4 N–H and O–H groups in total. The molecule has 1 unspecified atom stereocenters. The van der Waals surface area contributed by atoms with Crippen molar-refractivity contribution in [2.24, 2.45) is 0 Å². The molecule has 5 nitrogen and oxygen atoms in total. The lowest BCUT2D eigenvalue weighted by molar-refractivity contribution is -0.121. The molecule has 0 heterocycles. The molecule has 0 aromatic heterocycles. The minimum atomic E-state index is -0.0754. The summed E-state index contributed by atoms with van der Waals surface area (Å²) in [6, 6.07) is 4.82. The highest BCUT2D eigenvalue weighted by molar-refractivity contribution is 5.76. The number of phenolic OH excluding ortho intramolecular Hbond substituents is 2. The number of hydrogen-bond donors (Lipinski definition) is 4. The third-order valence-corrected chi connectivity index (χ3v) is 3.45. The topological polar surface area (TPSA) is 81.6 Å². The van der Waals surface area contributed by atoms with E-state index in [-0.39, 0.29) is 23.4 Å². The monoisotopic (exact) mass is 278 g/mol. The summed E-state index contributed by atoms with van der Waals surface area (Å²) in [5, 5.41) is 25.4. The van der Waals surface area contributed by atoms with Gasteiger partial charge in [0.15, 0.2) is 0 Å². The van der Waals surface area contributed by atoms with E-state index in [9.17, 15) is 15.0 Å². The van der Waals surface area contributed by atoms with Crippen molar-refractivity contribution in [3.8, 4) is 11.5 Å². The first kappa shape index (κ1) is 14.7. The standard InChI is InChI=1S/C15H22N2O3/c1-10(13-9-12(18)6-7-14(13)19)16-8-2-3-15(20)17-11-4-5-11/h6-7,9-11,16,18-19H,2-5,8H2,1H3,(H,17,20). The van der Waals surface area contributed by atoms with Crippen molar-refractivity contribution in [2.45, 2.75) is 44.7 Å². The van der Waals surface area contributed by atoms with E-state index in [1.165, 1.54) is 12.1 Å². The highest BCUT2D eigenvalue weighted by Crippen LogP contribution is 2.27. The molecule has 1 fully saturated rings. The van der Waals surface area contributed by atoms with Crippen LogP contribution in [-0.4, -0.2) is 28.7 Å². The van der Waals surface area contributed by atoms with Crippen molar-refractivity contribution in [1.29, 1.82) is 0 Å². The van der Waals surface area contributed by atoms with Gasteiger partial charge in [0.1, 0.15) is 11.5 Å². The molecule has 1 aromatic carbocycles. The van der Waals surface area contributed by atoms with E-state index in [1.54, 1.807) is 6.07 Å². The van der Waals surface area contributed by atoms with Crippen LogP contribution in [-0.2, 0) is 4.79 Å². The Hall–Kier alpha value is -1.75. The number of phenols is 2. The largest absolute Gasteiger partial charge is 0.508 e. The molecule has 1 aliphatic rings. The van der Waals surface area contributed by atoms with E-state index in [1.807, 2.05) is 6.92 Å². The maximum Gasteiger partial charge on any atom is 0.220 e. The van der Waals surface area contributed by atoms with E-state index < -0.39 is 0 Å². The molecule has 1 saturated carbocycles. The maximum atomic E-state index is 11.5. The number of carbonyl (C=O) groups excluding carboxylic acids is 1. The van der Waals surface area contributed by atoms with Crippen LogP contribution < -0.4 is 10.6 Å². The fourth-order valence-electron chi connectivity index (χ4n) is 2.09. The highest BCUT2D eigenvalue weighted by atomic mass is 16.3. The molecule has 0 bridgehead atoms. The van der Waals surface area contributed by atoms with Crippen LogP contribution in [0.25, 0.3) is 0 Å². The van der Waals surface area contributed by atoms with Crippen molar-refractivity contribution in [1.82, 2.24) is 10.6 Å². The molecule has 0 radical (unpaired) electrons. The number of carbonyl (C=O) groups is 1. The molecule has 0 aliphatic heterocycles. The number of rotatable bonds is 7. The Kier molecular flexibility index (Phi) is 4.84. The van der Waals surface area contributed by atoms with Gasteiger partial charge in [0.25, 0.3) is 0 Å². The summed E-state index contributed by atoms with van der Waals surface area (Å²) in [4.78, 5) is 11.5. The van der Waals surface area contributed by atoms with Crippen LogP contribution in [0.1, 0.15) is 44.2 Å². The van der Waals surface area contributed by atoms with Gasteiger partial charge in [-0.2, -0.15) is 0 Å². The Bertz CT molecular complexity index is 472. The zero-order valence-corrected chi connectivity index (χ0v) is 11.7. The molecule has 2 rings (SSSR count). The third kappa shape index (κ3) is 4.42. The molecule has 1 aromatic rings. The van der Waals surface area contributed by atoms with Crippen LogP contribution in [0.3, 0.4) is 0 Å². The Morgan fingerprint density at radius 2 is 2.15 bits per heavy atom. The Morgan fingerprint density at radius 1 is 1.40 bits per heavy atom. The predicted molar refractivity (Wildman–Crippen MR) is 76.6 cm³/mol. The summed E-state index contributed by atoms with van der Waals surface area (Å²) < 4.78 is 0. The summed E-state index contributed by atoms with van der Waals surface area (Å²) in [7, 11) is 0. The molecule has 20 heavy (non-hydrogen) atoms. The number of amides is 1. The molecule has 0 saturated heterocycles. The molecule has 1 atom stereocenters. The van der Waals surface area contributed by atoms with Crippen molar-refractivity contribution < 1.29 is 15.0 Å². The first-order chi connectivity index (χ1) is 9.56. The average molecular weight is 278 g/mol. The van der Waals surface area contributed by atoms with Gasteiger partial charge in [0, 0.05) is 24.1 Å². The lowest BCUT2D eigenvalue weighted by atomic mass is 10.1. The fraction of sp³-hybridized carbons (Fsp3) is 0.533. The van der Waals surface area contributed by atoms with Crippen LogP contribution in [0.2, 0.25) is 0 Å². The first-order valence-corrected chi connectivity index (χ1v) is 7.11. The second-order valence-corrected chi connectivity index (χ2v) is 5.36. The SMILES string of the molecule is CC(NCCCC(=O)NC1CC1)c1cc(O)ccc1O. The summed E-state index contributed by atoms with van der Waals surface area (Å²) >= 11 is 0. The molecule has 0 spiro atoms. The van der Waals surface area contributed by atoms with Gasteiger partial charge in [0.2, 0.25) is 5.91 Å². The number of benzene rings is 1. The lowest BCUT2D eigenvalue weighted by Gasteiger charge is -2.15. The van der Waals surface area contributed by atoms with Crippen LogP contribution in [0.4, 0.5) is 0 Å². The van der Waals surface area contributed by atoms with Gasteiger partial charge in [-0.1, -0.05) is 0 Å². The minimum absolute atomic E-state index is 0.0754. The molecule has 110 valence electrons. The quantitative estimate of drug-likeness (QED) is 0.453. The summed E-state index contributed by atoms with van der Waals surface area (Å²) in [6.07, 6.45) is 3.49. The molecule has 5 heteroatoms. The van der Waals surface area contributed by atoms with Gasteiger partial charge in [-0.05, 0) is 50.9 Å². The summed E-state index contributed by atoms with van der Waals surface area (Å²) in [5.41, 5.74) is 0.660. The number of hydrogen-bond acceptors (Lipinski definition) is 4. The first-order valence-electron chi connectivity index (χ1n) is 7.11. The van der Waals surface area contributed by atoms with Gasteiger partial charge in [0.05, 0.1) is 0 Å². The molecule has 1 amide bonds. The number of nitrogens with one attached hydrogen (secondary N) is 2. The fourth-order valence-corrected chi connectivity index (χ4v) is 2.09.